The van der Waals surface area contributed by atoms with Crippen molar-refractivity contribution in [2.45, 2.75) is 46.5 Å². The number of carbonyl (C=O) groups excluding carboxylic acids is 2. The van der Waals surface area contributed by atoms with Crippen LogP contribution in [0.1, 0.15) is 61.8 Å². The molecule has 0 unspecified atom stereocenters. The van der Waals surface area contributed by atoms with Crippen LogP contribution in [0.25, 0.3) is 6.08 Å². The number of hydrogen-bond donors (Lipinski definition) is 1. The Hall–Kier alpha value is -2.88. The first-order valence-electron chi connectivity index (χ1n) is 9.62. The van der Waals surface area contributed by atoms with Gasteiger partial charge in [-0.1, -0.05) is 70.2 Å². The second-order valence-electron chi connectivity index (χ2n) is 7.47. The maximum absolute atomic E-state index is 12.4. The van der Waals surface area contributed by atoms with Crippen molar-refractivity contribution in [3.05, 3.63) is 70.8 Å². The quantitative estimate of drug-likeness (QED) is 0.515. The summed E-state index contributed by atoms with van der Waals surface area (Å²) < 4.78 is 5.10. The van der Waals surface area contributed by atoms with E-state index in [0.717, 1.165) is 27.9 Å². The molecule has 0 heterocycles. The van der Waals surface area contributed by atoms with Crippen LogP contribution in [-0.2, 0) is 14.3 Å². The predicted molar refractivity (Wildman–Crippen MR) is 114 cm³/mol. The van der Waals surface area contributed by atoms with E-state index in [2.05, 4.69) is 33.0 Å². The lowest BCUT2D eigenvalue weighted by atomic mass is 9.92. The molecule has 4 heteroatoms. The largest absolute Gasteiger partial charge is 0.452 e. The maximum Gasteiger partial charge on any atom is 0.331 e. The molecule has 0 atom stereocenters. The first-order valence-corrected chi connectivity index (χ1v) is 9.62. The molecule has 0 aliphatic rings. The summed E-state index contributed by atoms with van der Waals surface area (Å²) in [6, 6.07) is 13.8. The average Bonchev–Trinajstić information content (AvgIpc) is 2.65. The smallest absolute Gasteiger partial charge is 0.331 e. The number of aryl methyl sites for hydroxylation is 1. The Kier molecular flexibility index (Phi) is 7.56. The zero-order chi connectivity index (χ0) is 20.7. The monoisotopic (exact) mass is 379 g/mol. The molecule has 0 aromatic heterocycles. The van der Waals surface area contributed by atoms with Crippen LogP contribution in [0, 0.1) is 6.92 Å². The van der Waals surface area contributed by atoms with Gasteiger partial charge < -0.3 is 10.1 Å². The van der Waals surface area contributed by atoms with Crippen LogP contribution in [0.3, 0.4) is 0 Å². The van der Waals surface area contributed by atoms with Crippen molar-refractivity contribution in [2.24, 2.45) is 0 Å². The molecule has 1 N–H and O–H groups in total. The van der Waals surface area contributed by atoms with Gasteiger partial charge in [-0.3, -0.25) is 4.79 Å². The van der Waals surface area contributed by atoms with E-state index >= 15 is 0 Å². The molecule has 0 saturated carbocycles. The summed E-state index contributed by atoms with van der Waals surface area (Å²) >= 11 is 0. The summed E-state index contributed by atoms with van der Waals surface area (Å²) in [4.78, 5) is 24.3. The summed E-state index contributed by atoms with van der Waals surface area (Å²) in [5, 5.41) is 2.94. The first kappa shape index (κ1) is 21.4. The lowest BCUT2D eigenvalue weighted by molar-refractivity contribution is -0.142. The van der Waals surface area contributed by atoms with Crippen LogP contribution < -0.4 is 5.32 Å². The lowest BCUT2D eigenvalue weighted by Gasteiger charge is -2.20. The highest BCUT2D eigenvalue weighted by Gasteiger charge is 2.16. The van der Waals surface area contributed by atoms with Crippen molar-refractivity contribution < 1.29 is 14.3 Å². The van der Waals surface area contributed by atoms with Crippen molar-refractivity contribution in [1.29, 1.82) is 0 Å². The van der Waals surface area contributed by atoms with E-state index < -0.39 is 5.97 Å². The molecule has 2 aromatic carbocycles. The van der Waals surface area contributed by atoms with E-state index in [1.54, 1.807) is 6.08 Å². The van der Waals surface area contributed by atoms with E-state index in [4.69, 9.17) is 4.74 Å². The Morgan fingerprint density at radius 2 is 1.57 bits per heavy atom. The van der Waals surface area contributed by atoms with Gasteiger partial charge >= 0.3 is 5.97 Å². The Bertz CT molecular complexity index is 840. The number of nitrogens with one attached hydrogen (secondary N) is 1. The summed E-state index contributed by atoms with van der Waals surface area (Å²) in [5.41, 5.74) is 4.98. The Labute approximate surface area is 167 Å². The summed E-state index contributed by atoms with van der Waals surface area (Å²) in [7, 11) is 0. The topological polar surface area (TPSA) is 55.4 Å². The van der Waals surface area contributed by atoms with Crippen molar-refractivity contribution in [2.75, 3.05) is 11.9 Å². The molecule has 0 aliphatic heterocycles. The Morgan fingerprint density at radius 1 is 0.964 bits per heavy atom. The molecular formula is C24H29NO3. The molecule has 0 spiro atoms. The van der Waals surface area contributed by atoms with Gasteiger partial charge in [0.15, 0.2) is 6.61 Å². The average molecular weight is 380 g/mol. The molecule has 4 nitrogen and oxygen atoms in total. The SMILES string of the molecule is Cc1ccccc1/C=C/C(=O)OCC(=O)Nc1c(C(C)C)cccc1C(C)C. The fraction of sp³-hybridized carbons (Fsp3) is 0.333. The highest BCUT2D eigenvalue weighted by molar-refractivity contribution is 5.96. The van der Waals surface area contributed by atoms with Gasteiger partial charge in [0.25, 0.3) is 5.91 Å². The van der Waals surface area contributed by atoms with Gasteiger partial charge in [-0.15, -0.1) is 0 Å². The third-order valence-corrected chi connectivity index (χ3v) is 4.57. The third kappa shape index (κ3) is 5.81. The number of anilines is 1. The highest BCUT2D eigenvalue weighted by Crippen LogP contribution is 2.32. The molecule has 28 heavy (non-hydrogen) atoms. The van der Waals surface area contributed by atoms with Crippen LogP contribution in [0.15, 0.2) is 48.5 Å². The van der Waals surface area contributed by atoms with Gasteiger partial charge in [0.1, 0.15) is 0 Å². The molecule has 0 radical (unpaired) electrons. The number of ether oxygens (including phenoxy) is 1. The van der Waals surface area contributed by atoms with Gasteiger partial charge in [-0.2, -0.15) is 0 Å². The number of esters is 1. The van der Waals surface area contributed by atoms with Gasteiger partial charge in [-0.05, 0) is 47.1 Å². The highest BCUT2D eigenvalue weighted by atomic mass is 16.5. The van der Waals surface area contributed by atoms with Gasteiger partial charge in [-0.25, -0.2) is 4.79 Å². The minimum absolute atomic E-state index is 0.272. The minimum atomic E-state index is -0.542. The predicted octanol–water partition coefficient (Wildman–Crippen LogP) is 5.44. The summed E-state index contributed by atoms with van der Waals surface area (Å²) in [5.74, 6) is -0.338. The maximum atomic E-state index is 12.4. The molecule has 0 aliphatic carbocycles. The van der Waals surface area contributed by atoms with Crippen molar-refractivity contribution in [1.82, 2.24) is 0 Å². The van der Waals surface area contributed by atoms with Gasteiger partial charge in [0.05, 0.1) is 0 Å². The van der Waals surface area contributed by atoms with E-state index in [9.17, 15) is 9.59 Å². The standard InChI is InChI=1S/C24H29NO3/c1-16(2)20-11-8-12-21(17(3)4)24(20)25-22(26)15-28-23(27)14-13-19-10-7-6-9-18(19)5/h6-14,16-17H,15H2,1-5H3,(H,25,26)/b14-13+. The van der Waals surface area contributed by atoms with E-state index in [0.29, 0.717) is 0 Å². The van der Waals surface area contributed by atoms with Crippen LogP contribution >= 0.6 is 0 Å². The number of benzene rings is 2. The fourth-order valence-electron chi connectivity index (χ4n) is 2.99. The Morgan fingerprint density at radius 3 is 2.14 bits per heavy atom. The van der Waals surface area contributed by atoms with Crippen molar-refractivity contribution >= 4 is 23.6 Å². The minimum Gasteiger partial charge on any atom is -0.452 e. The molecular weight excluding hydrogens is 350 g/mol. The number of para-hydroxylation sites is 1. The van der Waals surface area contributed by atoms with Gasteiger partial charge in [0, 0.05) is 11.8 Å². The van der Waals surface area contributed by atoms with Crippen LogP contribution in [0.2, 0.25) is 0 Å². The molecule has 2 aromatic rings. The number of rotatable bonds is 7. The fourth-order valence-corrected chi connectivity index (χ4v) is 2.99. The van der Waals surface area contributed by atoms with E-state index in [-0.39, 0.29) is 24.3 Å². The number of amides is 1. The van der Waals surface area contributed by atoms with E-state index in [1.165, 1.54) is 6.08 Å². The number of carbonyl (C=O) groups is 2. The lowest BCUT2D eigenvalue weighted by Crippen LogP contribution is -2.22. The zero-order valence-corrected chi connectivity index (χ0v) is 17.3. The molecule has 0 fully saturated rings. The van der Waals surface area contributed by atoms with Crippen LogP contribution in [-0.4, -0.2) is 18.5 Å². The first-order chi connectivity index (χ1) is 13.3. The van der Waals surface area contributed by atoms with Gasteiger partial charge in [0.2, 0.25) is 0 Å². The van der Waals surface area contributed by atoms with E-state index in [1.807, 2.05) is 49.4 Å². The zero-order valence-electron chi connectivity index (χ0n) is 17.3. The molecule has 2 rings (SSSR count). The summed E-state index contributed by atoms with van der Waals surface area (Å²) in [6.45, 7) is 10.0. The second-order valence-corrected chi connectivity index (χ2v) is 7.47. The van der Waals surface area contributed by atoms with Crippen LogP contribution in [0.5, 0.6) is 0 Å². The summed E-state index contributed by atoms with van der Waals surface area (Å²) in [6.07, 6.45) is 3.04. The van der Waals surface area contributed by atoms with Crippen molar-refractivity contribution in [3.63, 3.8) is 0 Å². The number of hydrogen-bond acceptors (Lipinski definition) is 3. The molecule has 0 saturated heterocycles. The molecule has 1 amide bonds. The van der Waals surface area contributed by atoms with Crippen LogP contribution in [0.4, 0.5) is 5.69 Å². The molecule has 0 bridgehead atoms. The normalized spacial score (nSPS) is 11.2. The second kappa shape index (κ2) is 9.88. The third-order valence-electron chi connectivity index (χ3n) is 4.57. The molecule has 148 valence electrons. The van der Waals surface area contributed by atoms with Crippen molar-refractivity contribution in [3.8, 4) is 0 Å². The Balaban J connectivity index is 2.01.